The van der Waals surface area contributed by atoms with E-state index in [0.717, 1.165) is 12.1 Å². The first kappa shape index (κ1) is 18.1. The molecule has 0 fully saturated rings. The molecule has 3 nitrogen and oxygen atoms in total. The van der Waals surface area contributed by atoms with Gasteiger partial charge >= 0.3 is 0 Å². The van der Waals surface area contributed by atoms with E-state index in [0.29, 0.717) is 13.1 Å². The average Bonchev–Trinajstić information content (AvgIpc) is 2.96. The minimum atomic E-state index is -0.423. The van der Waals surface area contributed by atoms with Gasteiger partial charge < -0.3 is 15.0 Å². The number of hydrogen-bond acceptors (Lipinski definition) is 2. The molecule has 1 unspecified atom stereocenters. The van der Waals surface area contributed by atoms with Crippen LogP contribution in [0.3, 0.4) is 0 Å². The van der Waals surface area contributed by atoms with E-state index < -0.39 is 6.10 Å². The summed E-state index contributed by atoms with van der Waals surface area (Å²) in [5, 5.41) is 15.6. The summed E-state index contributed by atoms with van der Waals surface area (Å²) in [5.41, 5.74) is 9.18. The van der Waals surface area contributed by atoms with E-state index in [1.165, 1.54) is 58.1 Å². The molecule has 1 aromatic heterocycles. The molecule has 1 atom stereocenters. The van der Waals surface area contributed by atoms with Crippen LogP contribution in [0.2, 0.25) is 0 Å². The highest BCUT2D eigenvalue weighted by atomic mass is 16.3. The molecule has 0 saturated heterocycles. The fourth-order valence-corrected chi connectivity index (χ4v) is 4.40. The molecule has 2 N–H and O–H groups in total. The Morgan fingerprint density at radius 2 is 1.89 bits per heavy atom. The quantitative estimate of drug-likeness (QED) is 0.676. The highest BCUT2D eigenvalue weighted by Gasteiger charge is 2.21. The van der Waals surface area contributed by atoms with Crippen LogP contribution in [-0.2, 0) is 19.4 Å². The molecule has 1 aliphatic carbocycles. The van der Waals surface area contributed by atoms with Crippen LogP contribution in [-0.4, -0.2) is 22.3 Å². The van der Waals surface area contributed by atoms with Crippen LogP contribution in [0.4, 0.5) is 5.69 Å². The molecule has 2 aromatic carbocycles. The van der Waals surface area contributed by atoms with Crippen molar-refractivity contribution in [1.29, 1.82) is 0 Å². The van der Waals surface area contributed by atoms with Gasteiger partial charge in [0.25, 0.3) is 0 Å². The second-order valence-electron chi connectivity index (χ2n) is 8.05. The average molecular weight is 363 g/mol. The molecule has 0 aliphatic heterocycles. The normalized spacial score (nSPS) is 15.0. The third kappa shape index (κ3) is 3.49. The summed E-state index contributed by atoms with van der Waals surface area (Å²) >= 11 is 0. The summed E-state index contributed by atoms with van der Waals surface area (Å²) in [7, 11) is 0. The van der Waals surface area contributed by atoms with Gasteiger partial charge in [-0.25, -0.2) is 0 Å². The number of hydrogen-bond donors (Lipinski definition) is 2. The SMILES string of the molecule is Cc1ccc2c(c1)c1c(n2CC(O)CNc2cccc(C)c2C)CCCC1. The minimum Gasteiger partial charge on any atom is -0.389 e. The molecule has 1 heterocycles. The molecule has 0 bridgehead atoms. The maximum atomic E-state index is 10.8. The molecular weight excluding hydrogens is 332 g/mol. The molecule has 1 aliphatic rings. The number of aliphatic hydroxyl groups excluding tert-OH is 1. The lowest BCUT2D eigenvalue weighted by Gasteiger charge is -2.20. The van der Waals surface area contributed by atoms with Crippen LogP contribution < -0.4 is 5.32 Å². The maximum Gasteiger partial charge on any atom is 0.0891 e. The Balaban J connectivity index is 1.57. The van der Waals surface area contributed by atoms with Crippen LogP contribution >= 0.6 is 0 Å². The second-order valence-corrected chi connectivity index (χ2v) is 8.05. The van der Waals surface area contributed by atoms with Crippen LogP contribution in [0.25, 0.3) is 10.9 Å². The van der Waals surface area contributed by atoms with Gasteiger partial charge in [-0.3, -0.25) is 0 Å². The summed E-state index contributed by atoms with van der Waals surface area (Å²) in [6.07, 6.45) is 4.39. The first-order valence-corrected chi connectivity index (χ1v) is 10.1. The van der Waals surface area contributed by atoms with E-state index in [1.807, 2.05) is 0 Å². The molecule has 0 spiro atoms. The molecule has 3 heteroatoms. The van der Waals surface area contributed by atoms with E-state index in [1.54, 1.807) is 0 Å². The van der Waals surface area contributed by atoms with E-state index in [2.05, 4.69) is 67.1 Å². The number of fused-ring (bicyclic) bond motifs is 3. The van der Waals surface area contributed by atoms with Crippen molar-refractivity contribution in [2.75, 3.05) is 11.9 Å². The summed E-state index contributed by atoms with van der Waals surface area (Å²) in [6, 6.07) is 13.0. The molecule has 3 aromatic rings. The van der Waals surface area contributed by atoms with Crippen molar-refractivity contribution in [2.45, 2.75) is 59.1 Å². The van der Waals surface area contributed by atoms with Gasteiger partial charge in [0.15, 0.2) is 0 Å². The van der Waals surface area contributed by atoms with E-state index >= 15 is 0 Å². The summed E-state index contributed by atoms with van der Waals surface area (Å²) in [6.45, 7) is 7.62. The van der Waals surface area contributed by atoms with Crippen LogP contribution in [0.1, 0.15) is 40.8 Å². The fourth-order valence-electron chi connectivity index (χ4n) is 4.40. The monoisotopic (exact) mass is 362 g/mol. The van der Waals surface area contributed by atoms with Crippen molar-refractivity contribution in [3.8, 4) is 0 Å². The topological polar surface area (TPSA) is 37.2 Å². The second kappa shape index (κ2) is 7.40. The van der Waals surface area contributed by atoms with Gasteiger partial charge in [0.2, 0.25) is 0 Å². The Morgan fingerprint density at radius 1 is 1.07 bits per heavy atom. The molecule has 0 saturated carbocycles. The van der Waals surface area contributed by atoms with Gasteiger partial charge in [-0.1, -0.05) is 23.8 Å². The van der Waals surface area contributed by atoms with Crippen molar-refractivity contribution >= 4 is 16.6 Å². The number of aryl methyl sites for hydroxylation is 3. The molecule has 0 radical (unpaired) electrons. The highest BCUT2D eigenvalue weighted by Crippen LogP contribution is 2.33. The lowest BCUT2D eigenvalue weighted by atomic mass is 9.95. The maximum absolute atomic E-state index is 10.8. The number of aromatic nitrogens is 1. The van der Waals surface area contributed by atoms with Crippen LogP contribution in [0, 0.1) is 20.8 Å². The van der Waals surface area contributed by atoms with E-state index in [-0.39, 0.29) is 0 Å². The largest absolute Gasteiger partial charge is 0.389 e. The zero-order valence-corrected chi connectivity index (χ0v) is 16.7. The smallest absolute Gasteiger partial charge is 0.0891 e. The molecular formula is C24H30N2O. The molecule has 4 rings (SSSR count). The lowest BCUT2D eigenvalue weighted by Crippen LogP contribution is -2.26. The number of rotatable bonds is 5. The Kier molecular flexibility index (Phi) is 4.96. The zero-order valence-electron chi connectivity index (χ0n) is 16.7. The van der Waals surface area contributed by atoms with Gasteiger partial charge in [0.1, 0.15) is 0 Å². The lowest BCUT2D eigenvalue weighted by molar-refractivity contribution is 0.167. The Hall–Kier alpha value is -2.26. The number of benzene rings is 2. The van der Waals surface area contributed by atoms with Crippen molar-refractivity contribution in [1.82, 2.24) is 4.57 Å². The third-order valence-corrected chi connectivity index (χ3v) is 6.06. The predicted molar refractivity (Wildman–Crippen MR) is 114 cm³/mol. The number of nitrogens with zero attached hydrogens (tertiary/aromatic N) is 1. The third-order valence-electron chi connectivity index (χ3n) is 6.06. The van der Waals surface area contributed by atoms with Gasteiger partial charge in [0, 0.05) is 28.8 Å². The van der Waals surface area contributed by atoms with Gasteiger partial charge in [-0.05, 0) is 81.3 Å². The van der Waals surface area contributed by atoms with Crippen molar-refractivity contribution in [3.05, 3.63) is 64.3 Å². The molecule has 0 amide bonds. The first-order chi connectivity index (χ1) is 13.0. The summed E-state index contributed by atoms with van der Waals surface area (Å²) < 4.78 is 2.37. The Bertz CT molecular complexity index is 970. The van der Waals surface area contributed by atoms with E-state index in [4.69, 9.17) is 0 Å². The zero-order chi connectivity index (χ0) is 19.0. The minimum absolute atomic E-state index is 0.423. The van der Waals surface area contributed by atoms with Crippen molar-refractivity contribution < 1.29 is 5.11 Å². The van der Waals surface area contributed by atoms with Crippen LogP contribution in [0.5, 0.6) is 0 Å². The number of nitrogens with one attached hydrogen (secondary N) is 1. The van der Waals surface area contributed by atoms with Gasteiger partial charge in [-0.2, -0.15) is 0 Å². The van der Waals surface area contributed by atoms with Crippen molar-refractivity contribution in [3.63, 3.8) is 0 Å². The number of aliphatic hydroxyl groups is 1. The first-order valence-electron chi connectivity index (χ1n) is 10.1. The standard InChI is InChI=1S/C24H30N2O/c1-16-11-12-24-21(13-16)20-8-4-5-10-23(20)26(24)15-19(27)14-25-22-9-6-7-17(2)18(22)3/h6-7,9,11-13,19,25,27H,4-5,8,10,14-15H2,1-3H3. The van der Waals surface area contributed by atoms with E-state index in [9.17, 15) is 5.11 Å². The Labute approximate surface area is 162 Å². The summed E-state index contributed by atoms with van der Waals surface area (Å²) in [4.78, 5) is 0. The summed E-state index contributed by atoms with van der Waals surface area (Å²) in [5.74, 6) is 0. The molecule has 27 heavy (non-hydrogen) atoms. The van der Waals surface area contributed by atoms with Crippen molar-refractivity contribution in [2.24, 2.45) is 0 Å². The Morgan fingerprint density at radius 3 is 2.74 bits per heavy atom. The predicted octanol–water partition coefficient (Wildman–Crippen LogP) is 4.92. The van der Waals surface area contributed by atoms with Crippen LogP contribution in [0.15, 0.2) is 36.4 Å². The highest BCUT2D eigenvalue weighted by molar-refractivity contribution is 5.86. The fraction of sp³-hybridized carbons (Fsp3) is 0.417. The molecule has 142 valence electrons. The van der Waals surface area contributed by atoms with Gasteiger partial charge in [-0.15, -0.1) is 0 Å². The number of anilines is 1. The van der Waals surface area contributed by atoms with Gasteiger partial charge in [0.05, 0.1) is 12.6 Å².